The number of aliphatic hydroxyl groups is 1. The van der Waals surface area contributed by atoms with Crippen molar-refractivity contribution in [1.29, 1.82) is 0 Å². The molecule has 2 N–H and O–H groups in total. The molecule has 4 heteroatoms. The van der Waals surface area contributed by atoms with E-state index >= 15 is 0 Å². The normalized spacial score (nSPS) is 14.8. The predicted molar refractivity (Wildman–Crippen MR) is 91.3 cm³/mol. The van der Waals surface area contributed by atoms with Gasteiger partial charge in [-0.2, -0.15) is 0 Å². The van der Waals surface area contributed by atoms with E-state index in [1.807, 2.05) is 36.4 Å². The molecular formula is C19H22N2O2. The second-order valence-electron chi connectivity index (χ2n) is 6.00. The zero-order valence-corrected chi connectivity index (χ0v) is 13.2. The molecule has 3 rings (SSSR count). The van der Waals surface area contributed by atoms with Crippen LogP contribution in [0.1, 0.15) is 34.3 Å². The Labute approximate surface area is 136 Å². The first kappa shape index (κ1) is 15.7. The topological polar surface area (TPSA) is 52.6 Å². The maximum Gasteiger partial charge on any atom is 0.255 e. The van der Waals surface area contributed by atoms with Gasteiger partial charge in [-0.05, 0) is 61.3 Å². The standard InChI is InChI=1S/C19H22N2O2/c22-14-16-6-4-8-18(12-16)20-19(23)17-7-3-5-15(11-17)13-21-9-1-2-10-21/h3-8,11-12,22H,1-2,9-10,13-14H2,(H,20,23). The first-order valence-corrected chi connectivity index (χ1v) is 8.07. The van der Waals surface area contributed by atoms with Crippen LogP contribution in [-0.4, -0.2) is 29.0 Å². The smallest absolute Gasteiger partial charge is 0.255 e. The molecule has 1 aliphatic heterocycles. The number of nitrogens with zero attached hydrogens (tertiary/aromatic N) is 1. The fourth-order valence-corrected chi connectivity index (χ4v) is 2.96. The summed E-state index contributed by atoms with van der Waals surface area (Å²) in [5.74, 6) is -0.122. The average Bonchev–Trinajstić information content (AvgIpc) is 3.08. The zero-order chi connectivity index (χ0) is 16.1. The Morgan fingerprint density at radius 1 is 1.04 bits per heavy atom. The number of amides is 1. The highest BCUT2D eigenvalue weighted by molar-refractivity contribution is 6.04. The maximum absolute atomic E-state index is 12.4. The van der Waals surface area contributed by atoms with Crippen molar-refractivity contribution >= 4 is 11.6 Å². The van der Waals surface area contributed by atoms with Crippen LogP contribution in [0.2, 0.25) is 0 Å². The number of nitrogens with one attached hydrogen (secondary N) is 1. The molecule has 0 saturated carbocycles. The molecule has 0 radical (unpaired) electrons. The maximum atomic E-state index is 12.4. The third-order valence-electron chi connectivity index (χ3n) is 4.16. The van der Waals surface area contributed by atoms with Gasteiger partial charge in [-0.1, -0.05) is 24.3 Å². The SMILES string of the molecule is O=C(Nc1cccc(CO)c1)c1cccc(CN2CCCC2)c1. The molecule has 120 valence electrons. The van der Waals surface area contributed by atoms with Crippen LogP contribution >= 0.6 is 0 Å². The van der Waals surface area contributed by atoms with Crippen LogP contribution in [-0.2, 0) is 13.2 Å². The minimum atomic E-state index is -0.122. The summed E-state index contributed by atoms with van der Waals surface area (Å²) in [6, 6.07) is 15.1. The Kier molecular flexibility index (Phi) is 5.05. The third kappa shape index (κ3) is 4.18. The van der Waals surface area contributed by atoms with Gasteiger partial charge in [0.05, 0.1) is 6.61 Å². The van der Waals surface area contributed by atoms with Crippen molar-refractivity contribution in [2.75, 3.05) is 18.4 Å². The summed E-state index contributed by atoms with van der Waals surface area (Å²) in [7, 11) is 0. The van der Waals surface area contributed by atoms with Crippen molar-refractivity contribution in [1.82, 2.24) is 4.90 Å². The summed E-state index contributed by atoms with van der Waals surface area (Å²) in [5.41, 5.74) is 3.32. The average molecular weight is 310 g/mol. The second kappa shape index (κ2) is 7.40. The molecule has 0 aromatic heterocycles. The molecule has 1 saturated heterocycles. The van der Waals surface area contributed by atoms with E-state index in [2.05, 4.69) is 16.3 Å². The van der Waals surface area contributed by atoms with Crippen LogP contribution < -0.4 is 5.32 Å². The van der Waals surface area contributed by atoms with Crippen molar-refractivity contribution in [2.24, 2.45) is 0 Å². The van der Waals surface area contributed by atoms with E-state index < -0.39 is 0 Å². The van der Waals surface area contributed by atoms with Crippen LogP contribution in [0.15, 0.2) is 48.5 Å². The number of hydrogen-bond acceptors (Lipinski definition) is 3. The van der Waals surface area contributed by atoms with Crippen molar-refractivity contribution in [3.63, 3.8) is 0 Å². The molecule has 0 atom stereocenters. The molecular weight excluding hydrogens is 288 g/mol. The molecule has 2 aromatic rings. The summed E-state index contributed by atoms with van der Waals surface area (Å²) in [6.45, 7) is 3.16. The number of carbonyl (C=O) groups excluding carboxylic acids is 1. The highest BCUT2D eigenvalue weighted by Gasteiger charge is 2.13. The van der Waals surface area contributed by atoms with Crippen molar-refractivity contribution in [3.8, 4) is 0 Å². The van der Waals surface area contributed by atoms with Gasteiger partial charge in [0, 0.05) is 17.8 Å². The lowest BCUT2D eigenvalue weighted by Gasteiger charge is -2.15. The first-order chi connectivity index (χ1) is 11.2. The summed E-state index contributed by atoms with van der Waals surface area (Å²) in [4.78, 5) is 14.8. The lowest BCUT2D eigenvalue weighted by atomic mass is 10.1. The van der Waals surface area contributed by atoms with E-state index in [0.29, 0.717) is 11.3 Å². The van der Waals surface area contributed by atoms with Gasteiger partial charge in [-0.25, -0.2) is 0 Å². The number of aliphatic hydroxyl groups excluding tert-OH is 1. The lowest BCUT2D eigenvalue weighted by molar-refractivity contribution is 0.102. The van der Waals surface area contributed by atoms with E-state index in [9.17, 15) is 4.79 Å². The Balaban J connectivity index is 1.68. The van der Waals surface area contributed by atoms with Crippen LogP contribution in [0, 0.1) is 0 Å². The minimum Gasteiger partial charge on any atom is -0.392 e. The predicted octanol–water partition coefficient (Wildman–Crippen LogP) is 3.03. The van der Waals surface area contributed by atoms with Crippen molar-refractivity contribution < 1.29 is 9.90 Å². The first-order valence-electron chi connectivity index (χ1n) is 8.07. The van der Waals surface area contributed by atoms with Crippen LogP contribution in [0.5, 0.6) is 0 Å². The van der Waals surface area contributed by atoms with E-state index in [-0.39, 0.29) is 12.5 Å². The van der Waals surface area contributed by atoms with Gasteiger partial charge in [-0.3, -0.25) is 9.69 Å². The largest absolute Gasteiger partial charge is 0.392 e. The van der Waals surface area contributed by atoms with E-state index in [4.69, 9.17) is 5.11 Å². The van der Waals surface area contributed by atoms with Gasteiger partial charge in [0.1, 0.15) is 0 Å². The van der Waals surface area contributed by atoms with E-state index in [1.54, 1.807) is 6.07 Å². The number of rotatable bonds is 5. The van der Waals surface area contributed by atoms with Gasteiger partial charge in [0.2, 0.25) is 0 Å². The summed E-state index contributed by atoms with van der Waals surface area (Å²) >= 11 is 0. The molecule has 1 fully saturated rings. The number of hydrogen-bond donors (Lipinski definition) is 2. The lowest BCUT2D eigenvalue weighted by Crippen LogP contribution is -2.19. The van der Waals surface area contributed by atoms with Crippen LogP contribution in [0.4, 0.5) is 5.69 Å². The summed E-state index contributed by atoms with van der Waals surface area (Å²) in [5, 5.41) is 12.1. The fourth-order valence-electron chi connectivity index (χ4n) is 2.96. The van der Waals surface area contributed by atoms with Crippen LogP contribution in [0.3, 0.4) is 0 Å². The molecule has 0 aliphatic carbocycles. The molecule has 1 amide bonds. The number of likely N-dealkylation sites (tertiary alicyclic amines) is 1. The van der Waals surface area contributed by atoms with Gasteiger partial charge >= 0.3 is 0 Å². The Morgan fingerprint density at radius 2 is 1.78 bits per heavy atom. The molecule has 2 aromatic carbocycles. The number of carbonyl (C=O) groups is 1. The van der Waals surface area contributed by atoms with E-state index in [1.165, 1.54) is 18.4 Å². The van der Waals surface area contributed by atoms with Crippen molar-refractivity contribution in [2.45, 2.75) is 26.0 Å². The highest BCUT2D eigenvalue weighted by Crippen LogP contribution is 2.16. The number of benzene rings is 2. The molecule has 0 unspecified atom stereocenters. The zero-order valence-electron chi connectivity index (χ0n) is 13.2. The van der Waals surface area contributed by atoms with Gasteiger partial charge in [-0.15, -0.1) is 0 Å². The molecule has 1 aliphatic rings. The fraction of sp³-hybridized carbons (Fsp3) is 0.316. The summed E-state index contributed by atoms with van der Waals surface area (Å²) in [6.07, 6.45) is 2.53. The highest BCUT2D eigenvalue weighted by atomic mass is 16.3. The Hall–Kier alpha value is -2.17. The Morgan fingerprint density at radius 3 is 2.57 bits per heavy atom. The molecule has 1 heterocycles. The monoisotopic (exact) mass is 310 g/mol. The molecule has 0 spiro atoms. The van der Waals surface area contributed by atoms with Gasteiger partial charge in [0.25, 0.3) is 5.91 Å². The molecule has 23 heavy (non-hydrogen) atoms. The molecule has 0 bridgehead atoms. The quantitative estimate of drug-likeness (QED) is 0.892. The molecule has 4 nitrogen and oxygen atoms in total. The number of anilines is 1. The van der Waals surface area contributed by atoms with Gasteiger partial charge < -0.3 is 10.4 Å². The van der Waals surface area contributed by atoms with Crippen LogP contribution in [0.25, 0.3) is 0 Å². The summed E-state index contributed by atoms with van der Waals surface area (Å²) < 4.78 is 0. The minimum absolute atomic E-state index is 0.0327. The second-order valence-corrected chi connectivity index (χ2v) is 6.00. The third-order valence-corrected chi connectivity index (χ3v) is 4.16. The Bertz CT molecular complexity index is 679. The van der Waals surface area contributed by atoms with E-state index in [0.717, 1.165) is 25.2 Å². The van der Waals surface area contributed by atoms with Gasteiger partial charge in [0.15, 0.2) is 0 Å². The van der Waals surface area contributed by atoms with Crippen molar-refractivity contribution in [3.05, 3.63) is 65.2 Å².